The number of carbonyl (C=O) groups excluding carboxylic acids is 1. The van der Waals surface area contributed by atoms with Crippen molar-refractivity contribution in [2.75, 3.05) is 5.32 Å². The van der Waals surface area contributed by atoms with E-state index in [-0.39, 0.29) is 11.7 Å². The van der Waals surface area contributed by atoms with Crippen molar-refractivity contribution >= 4 is 22.5 Å². The maximum absolute atomic E-state index is 13.0. The van der Waals surface area contributed by atoms with Gasteiger partial charge in [-0.25, -0.2) is 0 Å². The lowest BCUT2D eigenvalue weighted by Crippen LogP contribution is -2.19. The van der Waals surface area contributed by atoms with Crippen molar-refractivity contribution in [1.82, 2.24) is 4.98 Å². The van der Waals surface area contributed by atoms with Gasteiger partial charge in [0.15, 0.2) is 0 Å². The average Bonchev–Trinajstić information content (AvgIpc) is 2.59. The normalized spacial score (nSPS) is 13.5. The highest BCUT2D eigenvalue weighted by Crippen LogP contribution is 2.30. The molecule has 0 radical (unpaired) electrons. The van der Waals surface area contributed by atoms with Crippen LogP contribution < -0.4 is 5.32 Å². The molecule has 4 nitrogen and oxygen atoms in total. The summed E-state index contributed by atoms with van der Waals surface area (Å²) in [6.07, 6.45) is 4.01. The van der Waals surface area contributed by atoms with Gasteiger partial charge in [0.2, 0.25) is 0 Å². The Morgan fingerprint density at radius 1 is 1.04 bits per heavy atom. The lowest BCUT2D eigenvalue weighted by Gasteiger charge is -2.20. The summed E-state index contributed by atoms with van der Waals surface area (Å²) in [7, 11) is 0. The van der Waals surface area contributed by atoms with Crippen LogP contribution in [-0.4, -0.2) is 16.0 Å². The third kappa shape index (κ3) is 2.60. The molecule has 0 saturated carbocycles. The highest BCUT2D eigenvalue weighted by molar-refractivity contribution is 6.13. The van der Waals surface area contributed by atoms with Crippen molar-refractivity contribution in [3.05, 3.63) is 65.4 Å². The molecule has 0 fully saturated rings. The Balaban J connectivity index is 1.83. The second kappa shape index (κ2) is 5.96. The second-order valence-corrected chi connectivity index (χ2v) is 6.14. The highest BCUT2D eigenvalue weighted by atomic mass is 16.3. The Morgan fingerprint density at radius 3 is 2.75 bits per heavy atom. The van der Waals surface area contributed by atoms with Crippen LogP contribution in [0.1, 0.15) is 34.5 Å². The predicted octanol–water partition coefficient (Wildman–Crippen LogP) is 4.07. The topological polar surface area (TPSA) is 62.2 Å². The van der Waals surface area contributed by atoms with E-state index < -0.39 is 0 Å². The summed E-state index contributed by atoms with van der Waals surface area (Å²) < 4.78 is 0. The van der Waals surface area contributed by atoms with Crippen LogP contribution in [0.15, 0.2) is 48.5 Å². The van der Waals surface area contributed by atoms with E-state index in [1.807, 2.05) is 24.3 Å². The average molecular weight is 318 g/mol. The summed E-state index contributed by atoms with van der Waals surface area (Å²) in [6, 6.07) is 14.4. The van der Waals surface area contributed by atoms with E-state index in [9.17, 15) is 9.90 Å². The lowest BCUT2D eigenvalue weighted by atomic mass is 9.89. The second-order valence-electron chi connectivity index (χ2n) is 6.14. The van der Waals surface area contributed by atoms with E-state index in [1.54, 1.807) is 24.3 Å². The lowest BCUT2D eigenvalue weighted by molar-refractivity contribution is 0.102. The Morgan fingerprint density at radius 2 is 1.88 bits per heavy atom. The van der Waals surface area contributed by atoms with Crippen LogP contribution in [-0.2, 0) is 12.8 Å². The minimum absolute atomic E-state index is 0.134. The molecule has 1 amide bonds. The van der Waals surface area contributed by atoms with Crippen molar-refractivity contribution in [3.63, 3.8) is 0 Å². The number of carbonyl (C=O) groups is 1. The zero-order valence-electron chi connectivity index (χ0n) is 13.2. The number of benzene rings is 2. The van der Waals surface area contributed by atoms with Gasteiger partial charge in [-0.1, -0.05) is 24.3 Å². The fourth-order valence-electron chi connectivity index (χ4n) is 3.41. The number of phenols is 1. The number of aryl methyl sites for hydroxylation is 1. The predicted molar refractivity (Wildman–Crippen MR) is 94.4 cm³/mol. The highest BCUT2D eigenvalue weighted by Gasteiger charge is 2.22. The van der Waals surface area contributed by atoms with Gasteiger partial charge >= 0.3 is 0 Å². The van der Waals surface area contributed by atoms with Crippen molar-refractivity contribution in [2.24, 2.45) is 0 Å². The zero-order chi connectivity index (χ0) is 16.5. The van der Waals surface area contributed by atoms with Gasteiger partial charge in [-0.15, -0.1) is 0 Å². The van der Waals surface area contributed by atoms with Crippen LogP contribution >= 0.6 is 0 Å². The molecule has 0 aliphatic heterocycles. The Bertz CT molecular complexity index is 934. The number of rotatable bonds is 2. The summed E-state index contributed by atoms with van der Waals surface area (Å²) >= 11 is 0. The molecule has 0 unspecified atom stereocenters. The van der Waals surface area contributed by atoms with E-state index in [2.05, 4.69) is 5.32 Å². The molecule has 1 aliphatic rings. The minimum Gasteiger partial charge on any atom is -0.508 e. The van der Waals surface area contributed by atoms with Crippen LogP contribution in [0.5, 0.6) is 5.75 Å². The smallest absolute Gasteiger partial charge is 0.256 e. The largest absolute Gasteiger partial charge is 0.508 e. The molecule has 2 aromatic carbocycles. The monoisotopic (exact) mass is 318 g/mol. The minimum atomic E-state index is -0.141. The van der Waals surface area contributed by atoms with Crippen LogP contribution in [0, 0.1) is 0 Å². The van der Waals surface area contributed by atoms with Gasteiger partial charge in [-0.2, -0.15) is 0 Å². The SMILES string of the molecule is O=C(Nc1cccc(O)c1)c1c2c(nc3ccccc13)CCCC2. The number of nitrogens with zero attached hydrogens (tertiary/aromatic N) is 1. The molecule has 0 saturated heterocycles. The third-order valence-electron chi connectivity index (χ3n) is 4.50. The molecular formula is C20H18N2O2. The van der Waals surface area contributed by atoms with Gasteiger partial charge in [0, 0.05) is 22.8 Å². The van der Waals surface area contributed by atoms with Gasteiger partial charge in [-0.05, 0) is 49.4 Å². The summed E-state index contributed by atoms with van der Waals surface area (Å²) in [5.41, 5.74) is 4.28. The number of aromatic nitrogens is 1. The number of aromatic hydroxyl groups is 1. The molecule has 0 bridgehead atoms. The fraction of sp³-hybridized carbons (Fsp3) is 0.200. The van der Waals surface area contributed by atoms with Gasteiger partial charge < -0.3 is 10.4 Å². The molecule has 1 aromatic heterocycles. The zero-order valence-corrected chi connectivity index (χ0v) is 13.2. The maximum atomic E-state index is 13.0. The molecule has 4 heteroatoms. The number of pyridine rings is 1. The molecule has 1 heterocycles. The number of phenolic OH excluding ortho intramolecular Hbond substituents is 1. The van der Waals surface area contributed by atoms with Crippen molar-refractivity contribution in [2.45, 2.75) is 25.7 Å². The maximum Gasteiger partial charge on any atom is 0.256 e. The van der Waals surface area contributed by atoms with Gasteiger partial charge in [0.25, 0.3) is 5.91 Å². The first-order valence-electron chi connectivity index (χ1n) is 8.23. The number of nitrogens with one attached hydrogen (secondary N) is 1. The molecule has 4 rings (SSSR count). The van der Waals surface area contributed by atoms with Gasteiger partial charge in [0.1, 0.15) is 5.75 Å². The molecule has 0 atom stereocenters. The fourth-order valence-corrected chi connectivity index (χ4v) is 3.41. The number of hydrogen-bond donors (Lipinski definition) is 2. The van der Waals surface area contributed by atoms with E-state index >= 15 is 0 Å². The number of para-hydroxylation sites is 1. The summed E-state index contributed by atoms with van der Waals surface area (Å²) in [6.45, 7) is 0. The van der Waals surface area contributed by atoms with E-state index in [0.29, 0.717) is 5.69 Å². The van der Waals surface area contributed by atoms with Crippen LogP contribution in [0.2, 0.25) is 0 Å². The summed E-state index contributed by atoms with van der Waals surface area (Å²) in [5, 5.41) is 13.4. The summed E-state index contributed by atoms with van der Waals surface area (Å²) in [5.74, 6) is -0.00762. The van der Waals surface area contributed by atoms with E-state index in [4.69, 9.17) is 4.98 Å². The van der Waals surface area contributed by atoms with E-state index in [1.165, 1.54) is 0 Å². The molecule has 24 heavy (non-hydrogen) atoms. The third-order valence-corrected chi connectivity index (χ3v) is 4.50. The molecule has 1 aliphatic carbocycles. The molecular weight excluding hydrogens is 300 g/mol. The van der Waals surface area contributed by atoms with Crippen LogP contribution in [0.25, 0.3) is 10.9 Å². The Labute approximate surface area is 140 Å². The Kier molecular flexibility index (Phi) is 3.65. The quantitative estimate of drug-likeness (QED) is 0.748. The molecule has 0 spiro atoms. The van der Waals surface area contributed by atoms with Crippen molar-refractivity contribution in [1.29, 1.82) is 0 Å². The summed E-state index contributed by atoms with van der Waals surface area (Å²) in [4.78, 5) is 17.8. The first kappa shape index (κ1) is 14.7. The van der Waals surface area contributed by atoms with Gasteiger partial charge in [-0.3, -0.25) is 9.78 Å². The first-order valence-corrected chi connectivity index (χ1v) is 8.23. The molecule has 2 N–H and O–H groups in total. The van der Waals surface area contributed by atoms with E-state index in [0.717, 1.165) is 53.4 Å². The van der Waals surface area contributed by atoms with Gasteiger partial charge in [0.05, 0.1) is 11.1 Å². The number of anilines is 1. The van der Waals surface area contributed by atoms with Crippen LogP contribution in [0.4, 0.5) is 5.69 Å². The molecule has 3 aromatic rings. The van der Waals surface area contributed by atoms with Crippen LogP contribution in [0.3, 0.4) is 0 Å². The van der Waals surface area contributed by atoms with Crippen molar-refractivity contribution in [3.8, 4) is 5.75 Å². The standard InChI is InChI=1S/C20H18N2O2/c23-14-7-5-6-13(12-14)21-20(24)19-15-8-1-3-10-17(15)22-18-11-4-2-9-16(18)19/h1,3,5-8,10,12,23H,2,4,9,11H2,(H,21,24). The number of amides is 1. The first-order chi connectivity index (χ1) is 11.7. The molecule has 120 valence electrons. The number of fused-ring (bicyclic) bond motifs is 2. The van der Waals surface area contributed by atoms with Crippen molar-refractivity contribution < 1.29 is 9.90 Å². The Hall–Kier alpha value is -2.88. The number of hydrogen-bond acceptors (Lipinski definition) is 3.